The highest BCUT2D eigenvalue weighted by Gasteiger charge is 2.31. The molecule has 1 N–H and O–H groups in total. The predicted octanol–water partition coefficient (Wildman–Crippen LogP) is 3.47. The van der Waals surface area contributed by atoms with Gasteiger partial charge in [0.05, 0.1) is 27.5 Å². The van der Waals surface area contributed by atoms with E-state index in [0.717, 1.165) is 5.56 Å². The Morgan fingerprint density at radius 3 is 2.34 bits per heavy atom. The molecule has 0 aliphatic carbocycles. The highest BCUT2D eigenvalue weighted by Crippen LogP contribution is 2.29. The van der Waals surface area contributed by atoms with E-state index in [4.69, 9.17) is 23.2 Å². The van der Waals surface area contributed by atoms with Crippen LogP contribution in [0.25, 0.3) is 0 Å². The van der Waals surface area contributed by atoms with Crippen LogP contribution < -0.4 is 5.32 Å². The second kappa shape index (κ2) is 9.45. The first kappa shape index (κ1) is 22.1. The van der Waals surface area contributed by atoms with Crippen LogP contribution in [0, 0.1) is 0 Å². The van der Waals surface area contributed by atoms with Crippen molar-refractivity contribution in [2.24, 2.45) is 0 Å². The van der Waals surface area contributed by atoms with E-state index < -0.39 is 16.1 Å². The maximum Gasteiger partial charge on any atom is 0.241 e. The van der Waals surface area contributed by atoms with Crippen LogP contribution in [-0.4, -0.2) is 55.8 Å². The molecule has 3 rings (SSSR count). The van der Waals surface area contributed by atoms with Crippen LogP contribution in [0.4, 0.5) is 5.69 Å². The number of hydrogen-bond acceptors (Lipinski definition) is 4. The van der Waals surface area contributed by atoms with Gasteiger partial charge < -0.3 is 5.32 Å². The number of rotatable bonds is 6. The first-order valence-electron chi connectivity index (χ1n) is 9.28. The summed E-state index contributed by atoms with van der Waals surface area (Å²) in [5, 5.41) is 3.46. The van der Waals surface area contributed by atoms with Gasteiger partial charge in [-0.25, -0.2) is 8.42 Å². The highest BCUT2D eigenvalue weighted by molar-refractivity contribution is 7.88. The van der Waals surface area contributed by atoms with Crippen LogP contribution in [-0.2, 0) is 20.6 Å². The van der Waals surface area contributed by atoms with Crippen molar-refractivity contribution in [3.8, 4) is 0 Å². The third kappa shape index (κ3) is 5.49. The van der Waals surface area contributed by atoms with Crippen LogP contribution in [0.2, 0.25) is 10.0 Å². The normalized spacial score (nSPS) is 17.1. The molecule has 0 radical (unpaired) electrons. The molecule has 6 nitrogen and oxygen atoms in total. The van der Waals surface area contributed by atoms with E-state index >= 15 is 0 Å². The van der Waals surface area contributed by atoms with Crippen molar-refractivity contribution >= 4 is 44.8 Å². The fourth-order valence-corrected chi connectivity index (χ4v) is 5.11. The Balaban J connectivity index is 1.57. The summed E-state index contributed by atoms with van der Waals surface area (Å²) in [5.74, 6) is -0.230. The Bertz CT molecular complexity index is 962. The molecule has 1 fully saturated rings. The summed E-state index contributed by atoms with van der Waals surface area (Å²) in [4.78, 5) is 14.6. The number of nitrogens with one attached hydrogen (secondary N) is 1. The van der Waals surface area contributed by atoms with Crippen molar-refractivity contribution in [2.45, 2.75) is 18.7 Å². The summed E-state index contributed by atoms with van der Waals surface area (Å²) in [7, 11) is -3.39. The van der Waals surface area contributed by atoms with E-state index in [1.165, 1.54) is 4.31 Å². The van der Waals surface area contributed by atoms with E-state index in [-0.39, 0.29) is 11.7 Å². The lowest BCUT2D eigenvalue weighted by Gasteiger charge is -2.36. The summed E-state index contributed by atoms with van der Waals surface area (Å²) < 4.78 is 26.8. The molecule has 1 amide bonds. The molecule has 0 bridgehead atoms. The minimum Gasteiger partial charge on any atom is -0.323 e. The molecule has 1 heterocycles. The molecule has 0 saturated carbocycles. The highest BCUT2D eigenvalue weighted by atomic mass is 35.5. The van der Waals surface area contributed by atoms with E-state index in [9.17, 15) is 13.2 Å². The topological polar surface area (TPSA) is 69.7 Å². The minimum absolute atomic E-state index is 0.0167. The van der Waals surface area contributed by atoms with Gasteiger partial charge in [-0.2, -0.15) is 4.31 Å². The molecule has 29 heavy (non-hydrogen) atoms. The van der Waals surface area contributed by atoms with Crippen LogP contribution >= 0.6 is 23.2 Å². The lowest BCUT2D eigenvalue weighted by atomic mass is 10.2. The van der Waals surface area contributed by atoms with Gasteiger partial charge >= 0.3 is 0 Å². The van der Waals surface area contributed by atoms with Gasteiger partial charge in [0.25, 0.3) is 0 Å². The maximum absolute atomic E-state index is 12.7. The quantitative estimate of drug-likeness (QED) is 0.723. The van der Waals surface area contributed by atoms with Gasteiger partial charge in [-0.15, -0.1) is 0 Å². The summed E-state index contributed by atoms with van der Waals surface area (Å²) >= 11 is 12.1. The second-order valence-corrected chi connectivity index (χ2v) is 9.70. The average Bonchev–Trinajstić information content (AvgIpc) is 2.71. The van der Waals surface area contributed by atoms with Crippen LogP contribution in [0.1, 0.15) is 12.5 Å². The Morgan fingerprint density at radius 1 is 1.03 bits per heavy atom. The van der Waals surface area contributed by atoms with E-state index in [1.54, 1.807) is 37.3 Å². The SMILES string of the molecule is C[C@H](C(=O)Nc1cccc(Cl)c1Cl)N1CCN(S(=O)(=O)Cc2ccccc2)CC1. The molecule has 0 spiro atoms. The Kier molecular flexibility index (Phi) is 7.19. The van der Waals surface area contributed by atoms with Gasteiger partial charge in [0.2, 0.25) is 15.9 Å². The number of sulfonamides is 1. The number of amides is 1. The Labute approximate surface area is 181 Å². The zero-order valence-corrected chi connectivity index (χ0v) is 18.3. The van der Waals surface area contributed by atoms with E-state index in [2.05, 4.69) is 5.32 Å². The summed E-state index contributed by atoms with van der Waals surface area (Å²) in [5.41, 5.74) is 1.22. The van der Waals surface area contributed by atoms with Gasteiger partial charge in [0, 0.05) is 26.2 Å². The molecule has 1 saturated heterocycles. The zero-order valence-electron chi connectivity index (χ0n) is 16.0. The van der Waals surface area contributed by atoms with Crippen LogP contribution in [0.5, 0.6) is 0 Å². The molecule has 0 unspecified atom stereocenters. The molecule has 156 valence electrons. The maximum atomic E-state index is 12.7. The summed E-state index contributed by atoms with van der Waals surface area (Å²) in [6.07, 6.45) is 0. The van der Waals surface area contributed by atoms with Gasteiger partial charge in [0.15, 0.2) is 0 Å². The number of anilines is 1. The first-order valence-corrected chi connectivity index (χ1v) is 11.6. The van der Waals surface area contributed by atoms with Gasteiger partial charge in [-0.05, 0) is 24.6 Å². The number of benzene rings is 2. The number of nitrogens with zero attached hydrogens (tertiary/aromatic N) is 2. The smallest absolute Gasteiger partial charge is 0.241 e. The van der Waals surface area contributed by atoms with Gasteiger partial charge in [0.1, 0.15) is 0 Å². The zero-order chi connectivity index (χ0) is 21.0. The summed E-state index contributed by atoms with van der Waals surface area (Å²) in [6.45, 7) is 3.45. The number of carbonyl (C=O) groups excluding carboxylic acids is 1. The van der Waals surface area contributed by atoms with Crippen molar-refractivity contribution in [2.75, 3.05) is 31.5 Å². The molecule has 1 aliphatic heterocycles. The fourth-order valence-electron chi connectivity index (χ4n) is 3.25. The first-order chi connectivity index (χ1) is 13.8. The lowest BCUT2D eigenvalue weighted by molar-refractivity contribution is -0.121. The third-order valence-electron chi connectivity index (χ3n) is 5.00. The van der Waals surface area contributed by atoms with E-state index in [0.29, 0.717) is 41.9 Å². The van der Waals surface area contributed by atoms with Crippen molar-refractivity contribution in [1.82, 2.24) is 9.21 Å². The van der Waals surface area contributed by atoms with Crippen LogP contribution in [0.15, 0.2) is 48.5 Å². The van der Waals surface area contributed by atoms with Crippen molar-refractivity contribution in [1.29, 1.82) is 0 Å². The standard InChI is InChI=1S/C20H23Cl2N3O3S/c1-15(20(26)23-18-9-5-8-17(21)19(18)22)24-10-12-25(13-11-24)29(27,28)14-16-6-3-2-4-7-16/h2-9,15H,10-14H2,1H3,(H,23,26)/t15-/m1/s1. The van der Waals surface area contributed by atoms with Gasteiger partial charge in [-0.1, -0.05) is 59.6 Å². The van der Waals surface area contributed by atoms with Crippen molar-refractivity contribution < 1.29 is 13.2 Å². The molecule has 1 aliphatic rings. The number of carbonyl (C=O) groups is 1. The van der Waals surface area contributed by atoms with E-state index in [1.807, 2.05) is 23.1 Å². The molecular weight excluding hydrogens is 433 g/mol. The monoisotopic (exact) mass is 455 g/mol. The molecule has 9 heteroatoms. The number of piperazine rings is 1. The molecule has 1 atom stereocenters. The average molecular weight is 456 g/mol. The fraction of sp³-hybridized carbons (Fsp3) is 0.350. The largest absolute Gasteiger partial charge is 0.323 e. The number of hydrogen-bond donors (Lipinski definition) is 1. The molecular formula is C20H23Cl2N3O3S. The second-order valence-electron chi connectivity index (χ2n) is 6.94. The van der Waals surface area contributed by atoms with Crippen LogP contribution in [0.3, 0.4) is 0 Å². The molecule has 2 aromatic rings. The Morgan fingerprint density at radius 2 is 1.69 bits per heavy atom. The molecule has 0 aromatic heterocycles. The lowest BCUT2D eigenvalue weighted by Crippen LogP contribution is -2.54. The van der Waals surface area contributed by atoms with Gasteiger partial charge in [-0.3, -0.25) is 9.69 Å². The number of halogens is 2. The minimum atomic E-state index is -3.39. The van der Waals surface area contributed by atoms with Crippen molar-refractivity contribution in [3.63, 3.8) is 0 Å². The third-order valence-corrected chi connectivity index (χ3v) is 7.66. The van der Waals surface area contributed by atoms with Crippen molar-refractivity contribution in [3.05, 3.63) is 64.1 Å². The molecule has 2 aromatic carbocycles. The Hall–Kier alpha value is -1.64. The predicted molar refractivity (Wildman–Crippen MR) is 117 cm³/mol. The summed E-state index contributed by atoms with van der Waals surface area (Å²) in [6, 6.07) is 13.8.